The first-order valence-electron chi connectivity index (χ1n) is 8.09. The standard InChI is InChI=1S/C18H12F6N4S/c19-10-3-1-9(2-4-10)7-25-18(29)26-12-5-6-28(27-12)8-11-13(20)15(22)17(24)16(23)14(11)21/h1-6H,7-8H2,(H2,25,26,27,29). The van der Waals surface area contributed by atoms with E-state index in [2.05, 4.69) is 15.7 Å². The molecule has 0 unspecified atom stereocenters. The van der Waals surface area contributed by atoms with E-state index in [0.29, 0.717) is 6.54 Å². The molecular formula is C18H12F6N4S. The van der Waals surface area contributed by atoms with E-state index in [4.69, 9.17) is 12.2 Å². The van der Waals surface area contributed by atoms with Crippen LogP contribution in [0.3, 0.4) is 0 Å². The first kappa shape index (κ1) is 20.6. The lowest BCUT2D eigenvalue weighted by atomic mass is 10.1. The van der Waals surface area contributed by atoms with E-state index in [1.165, 1.54) is 24.4 Å². The van der Waals surface area contributed by atoms with Crippen LogP contribution in [-0.2, 0) is 13.1 Å². The molecule has 0 amide bonds. The molecule has 0 aliphatic carbocycles. The number of nitrogens with one attached hydrogen (secondary N) is 2. The Morgan fingerprint density at radius 1 is 0.862 bits per heavy atom. The van der Waals surface area contributed by atoms with E-state index < -0.39 is 41.2 Å². The molecule has 2 aromatic carbocycles. The number of rotatable bonds is 5. The van der Waals surface area contributed by atoms with E-state index in [0.717, 1.165) is 10.2 Å². The molecule has 29 heavy (non-hydrogen) atoms. The summed E-state index contributed by atoms with van der Waals surface area (Å²) in [6, 6.07) is 7.15. The SMILES string of the molecule is Fc1ccc(CNC(=S)Nc2ccn(Cc3c(F)c(F)c(F)c(F)c3F)n2)cc1. The fraction of sp³-hybridized carbons (Fsp3) is 0.111. The van der Waals surface area contributed by atoms with Gasteiger partial charge in [0.2, 0.25) is 5.82 Å². The zero-order valence-electron chi connectivity index (χ0n) is 14.4. The van der Waals surface area contributed by atoms with Crippen LogP contribution in [0.25, 0.3) is 0 Å². The predicted octanol–water partition coefficient (Wildman–Crippen LogP) is 4.25. The van der Waals surface area contributed by atoms with Gasteiger partial charge in [-0.3, -0.25) is 4.68 Å². The largest absolute Gasteiger partial charge is 0.358 e. The number of anilines is 1. The van der Waals surface area contributed by atoms with Gasteiger partial charge < -0.3 is 10.6 Å². The molecule has 0 saturated heterocycles. The summed E-state index contributed by atoms with van der Waals surface area (Å²) in [7, 11) is 0. The first-order chi connectivity index (χ1) is 13.8. The summed E-state index contributed by atoms with van der Waals surface area (Å²) < 4.78 is 81.0. The van der Waals surface area contributed by atoms with Gasteiger partial charge >= 0.3 is 0 Å². The van der Waals surface area contributed by atoms with Gasteiger partial charge in [0.25, 0.3) is 0 Å². The second-order valence-corrected chi connectivity index (χ2v) is 6.29. The highest BCUT2D eigenvalue weighted by Crippen LogP contribution is 2.23. The third-order valence-corrected chi connectivity index (χ3v) is 4.12. The Labute approximate surface area is 166 Å². The molecule has 11 heteroatoms. The molecule has 0 bridgehead atoms. The van der Waals surface area contributed by atoms with Gasteiger partial charge in [-0.25, -0.2) is 26.3 Å². The minimum absolute atomic E-state index is 0.163. The maximum absolute atomic E-state index is 13.8. The zero-order valence-corrected chi connectivity index (χ0v) is 15.3. The molecule has 1 heterocycles. The third kappa shape index (κ3) is 4.67. The fourth-order valence-corrected chi connectivity index (χ4v) is 2.59. The predicted molar refractivity (Wildman–Crippen MR) is 97.0 cm³/mol. The minimum atomic E-state index is -2.22. The summed E-state index contributed by atoms with van der Waals surface area (Å²) >= 11 is 5.08. The Bertz CT molecular complexity index is 1020. The van der Waals surface area contributed by atoms with E-state index in [1.54, 1.807) is 12.1 Å². The Morgan fingerprint density at radius 3 is 2.07 bits per heavy atom. The normalized spacial score (nSPS) is 10.8. The highest BCUT2D eigenvalue weighted by atomic mass is 32.1. The van der Waals surface area contributed by atoms with Crippen LogP contribution >= 0.6 is 12.2 Å². The Hall–Kier alpha value is -3.08. The zero-order chi connectivity index (χ0) is 21.1. The van der Waals surface area contributed by atoms with Crippen LogP contribution in [0.15, 0.2) is 36.5 Å². The molecule has 0 atom stereocenters. The molecule has 152 valence electrons. The molecule has 0 aliphatic heterocycles. The van der Waals surface area contributed by atoms with Crippen molar-refractivity contribution in [3.63, 3.8) is 0 Å². The van der Waals surface area contributed by atoms with Crippen LogP contribution in [-0.4, -0.2) is 14.9 Å². The average molecular weight is 430 g/mol. The first-order valence-corrected chi connectivity index (χ1v) is 8.50. The number of halogens is 6. The van der Waals surface area contributed by atoms with Crippen molar-refractivity contribution in [3.8, 4) is 0 Å². The number of aromatic nitrogens is 2. The van der Waals surface area contributed by atoms with Crippen molar-refractivity contribution in [1.82, 2.24) is 15.1 Å². The van der Waals surface area contributed by atoms with Gasteiger partial charge in [-0.15, -0.1) is 0 Å². The highest BCUT2D eigenvalue weighted by molar-refractivity contribution is 7.80. The van der Waals surface area contributed by atoms with Gasteiger partial charge in [-0.1, -0.05) is 12.1 Å². The monoisotopic (exact) mass is 430 g/mol. The third-order valence-electron chi connectivity index (χ3n) is 3.87. The van der Waals surface area contributed by atoms with Crippen molar-refractivity contribution in [2.75, 3.05) is 5.32 Å². The van der Waals surface area contributed by atoms with Crippen molar-refractivity contribution < 1.29 is 26.3 Å². The summed E-state index contributed by atoms with van der Waals surface area (Å²) in [5.74, 6) is -10.3. The molecule has 2 N–H and O–H groups in total. The molecule has 4 nitrogen and oxygen atoms in total. The maximum atomic E-state index is 13.8. The molecule has 3 aromatic rings. The van der Waals surface area contributed by atoms with Crippen LogP contribution in [0.1, 0.15) is 11.1 Å². The molecule has 0 aliphatic rings. The van der Waals surface area contributed by atoms with E-state index in [1.807, 2.05) is 0 Å². The van der Waals surface area contributed by atoms with Gasteiger partial charge in [0.05, 0.1) is 12.1 Å². The van der Waals surface area contributed by atoms with Crippen molar-refractivity contribution in [2.45, 2.75) is 13.1 Å². The number of hydrogen-bond acceptors (Lipinski definition) is 2. The molecule has 1 aromatic heterocycles. The Kier molecular flexibility index (Phi) is 6.06. The maximum Gasteiger partial charge on any atom is 0.200 e. The summed E-state index contributed by atoms with van der Waals surface area (Å²) in [4.78, 5) is 0. The van der Waals surface area contributed by atoms with Gasteiger partial charge in [-0.05, 0) is 29.9 Å². The van der Waals surface area contributed by atoms with Crippen molar-refractivity contribution >= 4 is 23.1 Å². The summed E-state index contributed by atoms with van der Waals surface area (Å²) in [6.07, 6.45) is 1.28. The second-order valence-electron chi connectivity index (χ2n) is 5.88. The van der Waals surface area contributed by atoms with Crippen LogP contribution in [0.2, 0.25) is 0 Å². The van der Waals surface area contributed by atoms with Crippen LogP contribution in [0.4, 0.5) is 32.2 Å². The lowest BCUT2D eigenvalue weighted by molar-refractivity contribution is 0.367. The van der Waals surface area contributed by atoms with Crippen molar-refractivity contribution in [1.29, 1.82) is 0 Å². The number of thiocarbonyl (C=S) groups is 1. The smallest absolute Gasteiger partial charge is 0.200 e. The quantitative estimate of drug-likeness (QED) is 0.275. The average Bonchev–Trinajstić information content (AvgIpc) is 3.14. The summed E-state index contributed by atoms with van der Waals surface area (Å²) in [6.45, 7) is -0.374. The van der Waals surface area contributed by atoms with E-state index in [9.17, 15) is 26.3 Å². The molecule has 3 rings (SSSR count). The van der Waals surface area contributed by atoms with Crippen molar-refractivity contribution in [2.24, 2.45) is 0 Å². The van der Waals surface area contributed by atoms with Gasteiger partial charge in [0.1, 0.15) is 5.82 Å². The van der Waals surface area contributed by atoms with E-state index >= 15 is 0 Å². The van der Waals surface area contributed by atoms with Crippen LogP contribution < -0.4 is 10.6 Å². The number of nitrogens with zero attached hydrogens (tertiary/aromatic N) is 2. The van der Waals surface area contributed by atoms with Crippen LogP contribution in [0.5, 0.6) is 0 Å². The van der Waals surface area contributed by atoms with Crippen molar-refractivity contribution in [3.05, 3.63) is 82.6 Å². The van der Waals surface area contributed by atoms with Gasteiger partial charge in [0.15, 0.2) is 34.2 Å². The molecule has 0 saturated carbocycles. The minimum Gasteiger partial charge on any atom is -0.358 e. The molecule has 0 spiro atoms. The Balaban J connectivity index is 1.64. The molecule has 0 radical (unpaired) electrons. The van der Waals surface area contributed by atoms with Crippen LogP contribution in [0, 0.1) is 34.9 Å². The molecule has 0 fully saturated rings. The lowest BCUT2D eigenvalue weighted by Gasteiger charge is -2.09. The second kappa shape index (κ2) is 8.52. The number of benzene rings is 2. The number of hydrogen-bond donors (Lipinski definition) is 2. The Morgan fingerprint density at radius 2 is 1.45 bits per heavy atom. The van der Waals surface area contributed by atoms with E-state index in [-0.39, 0.29) is 16.7 Å². The highest BCUT2D eigenvalue weighted by Gasteiger charge is 2.25. The summed E-state index contributed by atoms with van der Waals surface area (Å²) in [5.41, 5.74) is -0.236. The van der Waals surface area contributed by atoms with Gasteiger partial charge in [0, 0.05) is 18.8 Å². The van der Waals surface area contributed by atoms with Gasteiger partial charge in [-0.2, -0.15) is 5.10 Å². The summed E-state index contributed by atoms with van der Waals surface area (Å²) in [5, 5.41) is 9.66. The topological polar surface area (TPSA) is 41.9 Å². The lowest BCUT2D eigenvalue weighted by Crippen LogP contribution is -2.28. The molecular weight excluding hydrogens is 418 g/mol. The fourth-order valence-electron chi connectivity index (χ4n) is 2.41.